The quantitative estimate of drug-likeness (QED) is 0.388. The van der Waals surface area contributed by atoms with E-state index in [0.29, 0.717) is 40.0 Å². The van der Waals surface area contributed by atoms with E-state index in [1.807, 2.05) is 41.8 Å². The Morgan fingerprint density at radius 1 is 1.16 bits per heavy atom. The molecule has 2 heterocycles. The van der Waals surface area contributed by atoms with Crippen LogP contribution in [0, 0.1) is 0 Å². The minimum Gasteiger partial charge on any atom is -0.497 e. The number of H-pyrrole nitrogens is 1. The Morgan fingerprint density at radius 2 is 2.00 bits per heavy atom. The van der Waals surface area contributed by atoms with Crippen LogP contribution in [0.1, 0.15) is 18.4 Å². The second-order valence-corrected chi connectivity index (χ2v) is 8.07. The van der Waals surface area contributed by atoms with Gasteiger partial charge < -0.3 is 19.0 Å². The van der Waals surface area contributed by atoms with Crippen LogP contribution < -0.4 is 14.9 Å². The number of nitrogens with zero attached hydrogens (tertiary/aromatic N) is 3. The first-order chi connectivity index (χ1) is 15.1. The molecule has 4 aromatic rings. The summed E-state index contributed by atoms with van der Waals surface area (Å²) in [4.78, 5) is 15.8. The number of fused-ring (bicyclic) bond motifs is 1. The Kier molecular flexibility index (Phi) is 6.48. The second kappa shape index (κ2) is 9.45. The maximum atomic E-state index is 12.5. The molecule has 0 unspecified atom stereocenters. The molecule has 0 aliphatic heterocycles. The van der Waals surface area contributed by atoms with Crippen LogP contribution in [-0.4, -0.2) is 26.9 Å². The topological polar surface area (TPSA) is 82.0 Å². The smallest absolute Gasteiger partial charge is 0.191 e. The van der Waals surface area contributed by atoms with E-state index in [-0.39, 0.29) is 12.0 Å². The van der Waals surface area contributed by atoms with Crippen LogP contribution in [-0.2, 0) is 18.9 Å². The van der Waals surface area contributed by atoms with Crippen LogP contribution in [0.5, 0.6) is 11.5 Å². The monoisotopic (exact) mass is 456 g/mol. The summed E-state index contributed by atoms with van der Waals surface area (Å²) >= 11 is 7.66. The first-order valence-corrected chi connectivity index (χ1v) is 11.1. The van der Waals surface area contributed by atoms with Crippen molar-refractivity contribution in [2.24, 2.45) is 0 Å². The van der Waals surface area contributed by atoms with Crippen LogP contribution in [0.2, 0.25) is 5.02 Å². The maximum Gasteiger partial charge on any atom is 0.191 e. The summed E-state index contributed by atoms with van der Waals surface area (Å²) in [7, 11) is 1.58. The van der Waals surface area contributed by atoms with E-state index >= 15 is 0 Å². The number of aromatic amines is 1. The minimum atomic E-state index is -0.0472. The van der Waals surface area contributed by atoms with Crippen molar-refractivity contribution in [3.8, 4) is 11.5 Å². The maximum absolute atomic E-state index is 12.5. The number of thioether (sulfide) groups is 1. The molecule has 0 aliphatic carbocycles. The lowest BCUT2D eigenvalue weighted by molar-refractivity contribution is 0.288. The molecule has 7 nitrogen and oxygen atoms in total. The molecule has 160 valence electrons. The molecule has 2 aromatic carbocycles. The van der Waals surface area contributed by atoms with Crippen molar-refractivity contribution in [2.75, 3.05) is 7.11 Å². The molecule has 1 N–H and O–H groups in total. The number of rotatable bonds is 8. The minimum absolute atomic E-state index is 0.0472. The van der Waals surface area contributed by atoms with Crippen molar-refractivity contribution in [3.05, 3.63) is 75.3 Å². The number of benzene rings is 2. The molecule has 4 rings (SSSR count). The van der Waals surface area contributed by atoms with E-state index < -0.39 is 0 Å². The molecule has 0 radical (unpaired) electrons. The highest BCUT2D eigenvalue weighted by molar-refractivity contribution is 7.98. The number of pyridine rings is 1. The predicted octanol–water partition coefficient (Wildman–Crippen LogP) is 4.67. The number of ether oxygens (including phenoxy) is 2. The molecule has 0 atom stereocenters. The summed E-state index contributed by atoms with van der Waals surface area (Å²) in [5.41, 5.74) is 1.54. The molecule has 0 aliphatic rings. The second-order valence-electron chi connectivity index (χ2n) is 6.72. The number of nitrogens with one attached hydrogen (secondary N) is 1. The summed E-state index contributed by atoms with van der Waals surface area (Å²) in [5.74, 6) is 2.53. The average Bonchev–Trinajstić information content (AvgIpc) is 3.18. The fourth-order valence-corrected chi connectivity index (χ4v) is 4.30. The summed E-state index contributed by atoms with van der Waals surface area (Å²) in [6.45, 7) is 2.99. The van der Waals surface area contributed by atoms with Gasteiger partial charge >= 0.3 is 0 Å². The number of hydrogen-bond acceptors (Lipinski definition) is 6. The highest BCUT2D eigenvalue weighted by Crippen LogP contribution is 2.26. The van der Waals surface area contributed by atoms with E-state index in [2.05, 4.69) is 15.2 Å². The SMILES string of the molecule is CCn1c(COc2ccccc2Cl)nnc1SCc1cc(=O)c2cc(OC)ccc2[nH]1. The van der Waals surface area contributed by atoms with Gasteiger partial charge in [0.25, 0.3) is 0 Å². The highest BCUT2D eigenvalue weighted by Gasteiger charge is 2.13. The van der Waals surface area contributed by atoms with Crippen LogP contribution in [0.25, 0.3) is 10.9 Å². The van der Waals surface area contributed by atoms with E-state index in [0.717, 1.165) is 16.4 Å². The van der Waals surface area contributed by atoms with Crippen molar-refractivity contribution < 1.29 is 9.47 Å². The molecule has 0 spiro atoms. The van der Waals surface area contributed by atoms with E-state index in [1.54, 1.807) is 25.3 Å². The van der Waals surface area contributed by atoms with Crippen molar-refractivity contribution >= 4 is 34.3 Å². The third kappa shape index (κ3) is 4.70. The largest absolute Gasteiger partial charge is 0.497 e. The average molecular weight is 457 g/mol. The van der Waals surface area contributed by atoms with Gasteiger partial charge in [-0.3, -0.25) is 4.79 Å². The summed E-state index contributed by atoms with van der Waals surface area (Å²) in [6, 6.07) is 14.3. The standard InChI is InChI=1S/C22H21ClN4O3S/c1-3-27-21(12-30-20-7-5-4-6-17(20)23)25-26-22(27)31-13-14-10-19(28)16-11-15(29-2)8-9-18(16)24-14/h4-11H,3,12-13H2,1-2H3,(H,24,28). The summed E-state index contributed by atoms with van der Waals surface area (Å²) in [5, 5.41) is 10.5. The van der Waals surface area contributed by atoms with Crippen LogP contribution in [0.3, 0.4) is 0 Å². The molecule has 0 saturated carbocycles. The van der Waals surface area contributed by atoms with Gasteiger partial charge in [0, 0.05) is 35.0 Å². The van der Waals surface area contributed by atoms with Gasteiger partial charge in [-0.1, -0.05) is 35.5 Å². The molecule has 9 heteroatoms. The van der Waals surface area contributed by atoms with E-state index in [1.165, 1.54) is 11.8 Å². The Bertz CT molecular complexity index is 1270. The molecular weight excluding hydrogens is 436 g/mol. The lowest BCUT2D eigenvalue weighted by atomic mass is 10.2. The zero-order valence-electron chi connectivity index (χ0n) is 17.1. The Labute approximate surface area is 188 Å². The third-order valence-corrected chi connectivity index (χ3v) is 6.08. The van der Waals surface area contributed by atoms with Crippen LogP contribution in [0.15, 0.2) is 58.5 Å². The Morgan fingerprint density at radius 3 is 2.77 bits per heavy atom. The number of hydrogen-bond donors (Lipinski definition) is 1. The zero-order valence-corrected chi connectivity index (χ0v) is 18.7. The zero-order chi connectivity index (χ0) is 21.8. The Balaban J connectivity index is 1.48. The van der Waals surface area contributed by atoms with Crippen molar-refractivity contribution in [1.82, 2.24) is 19.7 Å². The van der Waals surface area contributed by atoms with Gasteiger partial charge in [-0.25, -0.2) is 0 Å². The third-order valence-electron chi connectivity index (χ3n) is 4.75. The molecule has 0 saturated heterocycles. The first kappa shape index (κ1) is 21.3. The number of aromatic nitrogens is 4. The van der Waals surface area contributed by atoms with Crippen LogP contribution >= 0.6 is 23.4 Å². The fraction of sp³-hybridized carbons (Fsp3) is 0.227. The molecular formula is C22H21ClN4O3S. The van der Waals surface area contributed by atoms with E-state index in [4.69, 9.17) is 21.1 Å². The van der Waals surface area contributed by atoms with Crippen molar-refractivity contribution in [1.29, 1.82) is 0 Å². The number of para-hydroxylation sites is 1. The van der Waals surface area contributed by atoms with Crippen molar-refractivity contribution in [2.45, 2.75) is 31.0 Å². The fourth-order valence-electron chi connectivity index (χ4n) is 3.18. The van der Waals surface area contributed by atoms with E-state index in [9.17, 15) is 4.79 Å². The predicted molar refractivity (Wildman–Crippen MR) is 122 cm³/mol. The van der Waals surface area contributed by atoms with Gasteiger partial charge in [-0.2, -0.15) is 0 Å². The Hall–Kier alpha value is -2.97. The summed E-state index contributed by atoms with van der Waals surface area (Å²) < 4.78 is 13.0. The van der Waals surface area contributed by atoms with Gasteiger partial charge in [-0.15, -0.1) is 10.2 Å². The lowest BCUT2D eigenvalue weighted by Gasteiger charge is -2.10. The molecule has 31 heavy (non-hydrogen) atoms. The van der Waals surface area contributed by atoms with Gasteiger partial charge in [0.05, 0.1) is 12.1 Å². The summed E-state index contributed by atoms with van der Waals surface area (Å²) in [6.07, 6.45) is 0. The molecule has 0 amide bonds. The van der Waals surface area contributed by atoms with Gasteiger partial charge in [0.15, 0.2) is 16.4 Å². The number of methoxy groups -OCH3 is 1. The first-order valence-electron chi connectivity index (χ1n) is 9.71. The van der Waals surface area contributed by atoms with Gasteiger partial charge in [0.1, 0.15) is 18.1 Å². The molecule has 2 aromatic heterocycles. The van der Waals surface area contributed by atoms with Crippen LogP contribution in [0.4, 0.5) is 0 Å². The molecule has 0 fully saturated rings. The van der Waals surface area contributed by atoms with Gasteiger partial charge in [0.2, 0.25) is 0 Å². The number of halogens is 1. The molecule has 0 bridgehead atoms. The lowest BCUT2D eigenvalue weighted by Crippen LogP contribution is -2.08. The van der Waals surface area contributed by atoms with Crippen molar-refractivity contribution in [3.63, 3.8) is 0 Å². The van der Waals surface area contributed by atoms with Gasteiger partial charge in [-0.05, 0) is 37.3 Å². The highest BCUT2D eigenvalue weighted by atomic mass is 35.5. The normalized spacial score (nSPS) is 11.1.